The van der Waals surface area contributed by atoms with Gasteiger partial charge in [0.25, 0.3) is 0 Å². The molecule has 0 heterocycles. The first-order valence-electron chi connectivity index (χ1n) is 17.6. The van der Waals surface area contributed by atoms with Crippen LogP contribution in [-0.4, -0.2) is 8.07 Å². The quantitative estimate of drug-likeness (QED) is 0.128. The van der Waals surface area contributed by atoms with Crippen LogP contribution in [0.15, 0.2) is 176 Å². The fourth-order valence-corrected chi connectivity index (χ4v) is 9.07. The Bertz CT molecular complexity index is 2690. The summed E-state index contributed by atoms with van der Waals surface area (Å²) in [6.45, 7) is 7.29. The molecule has 0 aliphatic rings. The van der Waals surface area contributed by atoms with Crippen LogP contribution in [0.5, 0.6) is 0 Å². The Kier molecular flexibility index (Phi) is 7.26. The van der Waals surface area contributed by atoms with Gasteiger partial charge in [0.05, 0.1) is 8.07 Å². The summed E-state index contributed by atoms with van der Waals surface area (Å²) < 4.78 is 0. The summed E-state index contributed by atoms with van der Waals surface area (Å²) in [7, 11) is -1.49. The highest BCUT2D eigenvalue weighted by Crippen LogP contribution is 2.45. The SMILES string of the molecule is C[Si](C)(C)c1cccc(-c2c3ccccc3c(-c3ccc4cccc(-c5ccccc5-c5ccc6ccccc6c5)c4c3)c3ccccc23)c1. The van der Waals surface area contributed by atoms with E-state index < -0.39 is 8.07 Å². The van der Waals surface area contributed by atoms with E-state index in [2.05, 4.69) is 196 Å². The summed E-state index contributed by atoms with van der Waals surface area (Å²) in [6, 6.07) is 65.4. The molecule has 0 aliphatic carbocycles. The summed E-state index contributed by atoms with van der Waals surface area (Å²) in [6.07, 6.45) is 0. The Morgan fingerprint density at radius 1 is 0.300 bits per heavy atom. The third kappa shape index (κ3) is 5.14. The minimum Gasteiger partial charge on any atom is -0.0656 e. The van der Waals surface area contributed by atoms with Gasteiger partial charge in [-0.25, -0.2) is 0 Å². The van der Waals surface area contributed by atoms with Gasteiger partial charge >= 0.3 is 0 Å². The molecule has 0 nitrogen and oxygen atoms in total. The largest absolute Gasteiger partial charge is 0.0776 e. The Morgan fingerprint density at radius 3 is 1.48 bits per heavy atom. The van der Waals surface area contributed by atoms with E-state index in [1.165, 1.54) is 92.8 Å². The molecule has 0 bridgehead atoms. The van der Waals surface area contributed by atoms with Gasteiger partial charge in [0.15, 0.2) is 0 Å². The molecule has 0 spiro atoms. The second-order valence-electron chi connectivity index (χ2n) is 14.5. The predicted octanol–water partition coefficient (Wildman–Crippen LogP) is 13.5. The summed E-state index contributed by atoms with van der Waals surface area (Å²) in [5.41, 5.74) is 10.1. The molecule has 0 N–H and O–H groups in total. The number of hydrogen-bond acceptors (Lipinski definition) is 0. The van der Waals surface area contributed by atoms with Crippen molar-refractivity contribution in [1.29, 1.82) is 0 Å². The average Bonchev–Trinajstić information content (AvgIpc) is 3.16. The number of hydrogen-bond donors (Lipinski definition) is 0. The monoisotopic (exact) mass is 654 g/mol. The Hall–Kier alpha value is -5.76. The van der Waals surface area contributed by atoms with E-state index in [4.69, 9.17) is 0 Å². The van der Waals surface area contributed by atoms with Crippen LogP contribution in [-0.2, 0) is 0 Å². The third-order valence-electron chi connectivity index (χ3n) is 10.4. The molecular formula is C49H38Si. The number of rotatable bonds is 5. The first-order chi connectivity index (χ1) is 24.4. The fourth-order valence-electron chi connectivity index (χ4n) is 7.88. The lowest BCUT2D eigenvalue weighted by atomic mass is 9.85. The van der Waals surface area contributed by atoms with Crippen molar-refractivity contribution in [2.45, 2.75) is 19.6 Å². The molecule has 9 rings (SSSR count). The predicted molar refractivity (Wildman–Crippen MR) is 221 cm³/mol. The molecule has 0 amide bonds. The van der Waals surface area contributed by atoms with Crippen molar-refractivity contribution in [1.82, 2.24) is 0 Å². The smallest absolute Gasteiger partial charge is 0.0656 e. The van der Waals surface area contributed by atoms with E-state index in [1.54, 1.807) is 0 Å². The summed E-state index contributed by atoms with van der Waals surface area (Å²) in [5.74, 6) is 0. The summed E-state index contributed by atoms with van der Waals surface area (Å²) in [5, 5.41) is 11.7. The van der Waals surface area contributed by atoms with Crippen molar-refractivity contribution in [3.05, 3.63) is 176 Å². The van der Waals surface area contributed by atoms with Gasteiger partial charge < -0.3 is 0 Å². The van der Waals surface area contributed by atoms with Gasteiger partial charge in [0, 0.05) is 0 Å². The molecule has 0 aliphatic heterocycles. The maximum Gasteiger partial charge on any atom is 0.0776 e. The molecule has 0 unspecified atom stereocenters. The Labute approximate surface area is 295 Å². The summed E-state index contributed by atoms with van der Waals surface area (Å²) in [4.78, 5) is 0. The Balaban J connectivity index is 1.28. The van der Waals surface area contributed by atoms with Gasteiger partial charge in [-0.3, -0.25) is 0 Å². The minimum atomic E-state index is -1.49. The molecule has 50 heavy (non-hydrogen) atoms. The van der Waals surface area contributed by atoms with Crippen molar-refractivity contribution >= 4 is 56.4 Å². The third-order valence-corrected chi connectivity index (χ3v) is 12.4. The molecule has 9 aromatic rings. The van der Waals surface area contributed by atoms with Crippen LogP contribution in [0, 0.1) is 0 Å². The average molecular weight is 655 g/mol. The first-order valence-corrected chi connectivity index (χ1v) is 21.1. The zero-order valence-electron chi connectivity index (χ0n) is 28.7. The van der Waals surface area contributed by atoms with Crippen molar-refractivity contribution in [2.24, 2.45) is 0 Å². The maximum absolute atomic E-state index is 2.45. The van der Waals surface area contributed by atoms with Crippen molar-refractivity contribution in [3.8, 4) is 44.5 Å². The van der Waals surface area contributed by atoms with E-state index >= 15 is 0 Å². The molecule has 0 aromatic heterocycles. The van der Waals surface area contributed by atoms with E-state index in [0.717, 1.165) is 0 Å². The highest BCUT2D eigenvalue weighted by molar-refractivity contribution is 6.88. The number of benzene rings is 9. The van der Waals surface area contributed by atoms with E-state index in [1.807, 2.05) is 0 Å². The van der Waals surface area contributed by atoms with Crippen LogP contribution >= 0.6 is 0 Å². The zero-order valence-corrected chi connectivity index (χ0v) is 29.7. The molecule has 9 aromatic carbocycles. The van der Waals surface area contributed by atoms with Gasteiger partial charge in [-0.2, -0.15) is 0 Å². The lowest BCUT2D eigenvalue weighted by Gasteiger charge is -2.21. The molecule has 1 heteroatoms. The fraction of sp³-hybridized carbons (Fsp3) is 0.0612. The Morgan fingerprint density at radius 2 is 0.800 bits per heavy atom. The van der Waals surface area contributed by atoms with Crippen LogP contribution in [0.2, 0.25) is 19.6 Å². The van der Waals surface area contributed by atoms with Crippen LogP contribution < -0.4 is 5.19 Å². The van der Waals surface area contributed by atoms with Crippen LogP contribution in [0.3, 0.4) is 0 Å². The molecule has 0 radical (unpaired) electrons. The van der Waals surface area contributed by atoms with Crippen molar-refractivity contribution in [3.63, 3.8) is 0 Å². The van der Waals surface area contributed by atoms with Gasteiger partial charge in [-0.05, 0) is 99.7 Å². The molecule has 238 valence electrons. The highest BCUT2D eigenvalue weighted by Gasteiger charge is 2.20. The number of fused-ring (bicyclic) bond motifs is 4. The van der Waals surface area contributed by atoms with Crippen LogP contribution in [0.1, 0.15) is 0 Å². The second kappa shape index (κ2) is 12.0. The zero-order chi connectivity index (χ0) is 33.8. The summed E-state index contributed by atoms with van der Waals surface area (Å²) >= 11 is 0. The standard InChI is InChI=1S/C49H38Si/c1-50(2,3)39-18-12-17-37(31-39)48-43-21-8-10-23-45(43)49(46-24-11-9-22-44(46)48)38-29-27-34-16-13-25-42(47(34)32-38)41-20-7-6-19-40(41)36-28-26-33-14-4-5-15-35(33)30-36/h4-32H,1-3H3. The van der Waals surface area contributed by atoms with Gasteiger partial charge in [0.1, 0.15) is 0 Å². The molecule has 0 saturated carbocycles. The molecule has 0 fully saturated rings. The van der Waals surface area contributed by atoms with Crippen molar-refractivity contribution < 1.29 is 0 Å². The van der Waals surface area contributed by atoms with Crippen molar-refractivity contribution in [2.75, 3.05) is 0 Å². The minimum absolute atomic E-state index is 1.23. The lowest BCUT2D eigenvalue weighted by Crippen LogP contribution is -2.37. The van der Waals surface area contributed by atoms with E-state index in [0.29, 0.717) is 0 Å². The second-order valence-corrected chi connectivity index (χ2v) is 19.6. The topological polar surface area (TPSA) is 0 Å². The maximum atomic E-state index is 2.45. The van der Waals surface area contributed by atoms with Gasteiger partial charge in [-0.15, -0.1) is 0 Å². The lowest BCUT2D eigenvalue weighted by molar-refractivity contribution is 1.61. The first kappa shape index (κ1) is 30.3. The van der Waals surface area contributed by atoms with Gasteiger partial charge in [-0.1, -0.05) is 189 Å². The van der Waals surface area contributed by atoms with E-state index in [-0.39, 0.29) is 0 Å². The van der Waals surface area contributed by atoms with Crippen LogP contribution in [0.25, 0.3) is 87.6 Å². The van der Waals surface area contributed by atoms with E-state index in [9.17, 15) is 0 Å². The molecular weight excluding hydrogens is 617 g/mol. The normalized spacial score (nSPS) is 11.9. The molecule has 0 saturated heterocycles. The van der Waals surface area contributed by atoms with Crippen LogP contribution in [0.4, 0.5) is 0 Å². The highest BCUT2D eigenvalue weighted by atomic mass is 28.3. The van der Waals surface area contributed by atoms with Gasteiger partial charge in [0.2, 0.25) is 0 Å². The molecule has 0 atom stereocenters.